The van der Waals surface area contributed by atoms with Gasteiger partial charge in [-0.05, 0) is 31.0 Å². The third kappa shape index (κ3) is 7.32. The summed E-state index contributed by atoms with van der Waals surface area (Å²) in [7, 11) is -3.21. The topological polar surface area (TPSA) is 94.1 Å². The molecule has 0 unspecified atom stereocenters. The Kier molecular flexibility index (Phi) is 8.45. The SMILES string of the molecule is CCNC(=NCc1ccc(S(C)(=O)=O)c(C)c1)NCCN1CCN(C(C)=O)CC1. The molecule has 1 fully saturated rings. The third-order valence-electron chi connectivity index (χ3n) is 4.94. The second kappa shape index (κ2) is 10.6. The van der Waals surface area contributed by atoms with Gasteiger partial charge in [0.15, 0.2) is 15.8 Å². The highest BCUT2D eigenvalue weighted by atomic mass is 32.2. The van der Waals surface area contributed by atoms with Crippen LogP contribution in [0.4, 0.5) is 0 Å². The summed E-state index contributed by atoms with van der Waals surface area (Å²) in [5, 5.41) is 6.58. The van der Waals surface area contributed by atoms with Crippen molar-refractivity contribution in [1.82, 2.24) is 20.4 Å². The van der Waals surface area contributed by atoms with Gasteiger partial charge in [-0.15, -0.1) is 0 Å². The van der Waals surface area contributed by atoms with Crippen LogP contribution in [0.25, 0.3) is 0 Å². The maximum atomic E-state index is 11.7. The van der Waals surface area contributed by atoms with E-state index in [4.69, 9.17) is 0 Å². The van der Waals surface area contributed by atoms with E-state index in [1.807, 2.05) is 24.0 Å². The van der Waals surface area contributed by atoms with E-state index in [2.05, 4.69) is 20.5 Å². The summed E-state index contributed by atoms with van der Waals surface area (Å²) in [6.45, 7) is 11.7. The Morgan fingerprint density at radius 1 is 1.17 bits per heavy atom. The molecular weight excluding hydrogens is 390 g/mol. The zero-order chi connectivity index (χ0) is 21.4. The summed E-state index contributed by atoms with van der Waals surface area (Å²) in [6, 6.07) is 5.33. The molecule has 2 rings (SSSR count). The molecule has 1 aliphatic heterocycles. The van der Waals surface area contributed by atoms with Gasteiger partial charge in [-0.1, -0.05) is 12.1 Å². The van der Waals surface area contributed by atoms with Crippen LogP contribution in [0, 0.1) is 6.92 Å². The fourth-order valence-corrected chi connectivity index (χ4v) is 4.32. The summed E-state index contributed by atoms with van der Waals surface area (Å²) in [5.74, 6) is 0.879. The Morgan fingerprint density at radius 3 is 2.41 bits per heavy atom. The molecule has 0 bridgehead atoms. The number of hydrogen-bond donors (Lipinski definition) is 2. The van der Waals surface area contributed by atoms with Crippen LogP contribution in [0.15, 0.2) is 28.1 Å². The molecule has 0 atom stereocenters. The van der Waals surface area contributed by atoms with Crippen LogP contribution in [0.2, 0.25) is 0 Å². The van der Waals surface area contributed by atoms with Crippen molar-refractivity contribution in [3.63, 3.8) is 0 Å². The van der Waals surface area contributed by atoms with Crippen molar-refractivity contribution in [2.24, 2.45) is 4.99 Å². The number of carbonyl (C=O) groups is 1. The van der Waals surface area contributed by atoms with Gasteiger partial charge in [0.05, 0.1) is 11.4 Å². The van der Waals surface area contributed by atoms with E-state index in [1.54, 1.807) is 19.9 Å². The van der Waals surface area contributed by atoms with Gasteiger partial charge in [0.25, 0.3) is 0 Å². The minimum Gasteiger partial charge on any atom is -0.357 e. The number of amides is 1. The van der Waals surface area contributed by atoms with Crippen molar-refractivity contribution >= 4 is 21.7 Å². The fourth-order valence-electron chi connectivity index (χ4n) is 3.36. The normalized spacial score (nSPS) is 16.0. The first-order chi connectivity index (χ1) is 13.7. The Labute approximate surface area is 174 Å². The lowest BCUT2D eigenvalue weighted by Crippen LogP contribution is -2.50. The number of piperazine rings is 1. The maximum absolute atomic E-state index is 11.7. The highest BCUT2D eigenvalue weighted by Crippen LogP contribution is 2.17. The molecule has 1 aromatic carbocycles. The minimum absolute atomic E-state index is 0.143. The molecule has 0 saturated carbocycles. The first-order valence-corrected chi connectivity index (χ1v) is 11.9. The zero-order valence-corrected chi connectivity index (χ0v) is 18.7. The van der Waals surface area contributed by atoms with Gasteiger partial charge in [-0.2, -0.15) is 0 Å². The number of hydrogen-bond acceptors (Lipinski definition) is 5. The van der Waals surface area contributed by atoms with Gasteiger partial charge >= 0.3 is 0 Å². The predicted molar refractivity (Wildman–Crippen MR) is 116 cm³/mol. The Hall–Kier alpha value is -2.13. The number of carbonyl (C=O) groups excluding carboxylic acids is 1. The quantitative estimate of drug-likeness (QED) is 0.493. The number of aryl methyl sites for hydroxylation is 1. The number of nitrogens with zero attached hydrogens (tertiary/aromatic N) is 3. The van der Waals surface area contributed by atoms with Gasteiger partial charge in [0.2, 0.25) is 5.91 Å². The molecule has 1 aromatic rings. The van der Waals surface area contributed by atoms with Crippen LogP contribution in [0.5, 0.6) is 0 Å². The van der Waals surface area contributed by atoms with Gasteiger partial charge in [0, 0.05) is 59.0 Å². The van der Waals surface area contributed by atoms with E-state index in [0.29, 0.717) is 11.4 Å². The lowest BCUT2D eigenvalue weighted by Gasteiger charge is -2.34. The predicted octanol–water partition coefficient (Wildman–Crippen LogP) is 0.618. The lowest BCUT2D eigenvalue weighted by atomic mass is 10.1. The largest absolute Gasteiger partial charge is 0.357 e. The van der Waals surface area contributed by atoms with Crippen molar-refractivity contribution < 1.29 is 13.2 Å². The van der Waals surface area contributed by atoms with Crippen LogP contribution in [0.3, 0.4) is 0 Å². The van der Waals surface area contributed by atoms with Gasteiger partial charge in [-0.25, -0.2) is 13.4 Å². The first-order valence-electron chi connectivity index (χ1n) is 10.0. The summed E-state index contributed by atoms with van der Waals surface area (Å²) < 4.78 is 23.5. The van der Waals surface area contributed by atoms with Crippen molar-refractivity contribution in [3.8, 4) is 0 Å². The van der Waals surface area contributed by atoms with Crippen molar-refractivity contribution in [2.75, 3.05) is 52.1 Å². The Morgan fingerprint density at radius 2 is 1.86 bits per heavy atom. The number of sulfone groups is 1. The number of guanidine groups is 1. The van der Waals surface area contributed by atoms with E-state index >= 15 is 0 Å². The molecule has 8 nitrogen and oxygen atoms in total. The van der Waals surface area contributed by atoms with E-state index in [1.165, 1.54) is 6.26 Å². The van der Waals surface area contributed by atoms with E-state index in [0.717, 1.165) is 62.9 Å². The van der Waals surface area contributed by atoms with Crippen LogP contribution in [-0.4, -0.2) is 82.2 Å². The number of aliphatic imine (C=N–C) groups is 1. The highest BCUT2D eigenvalue weighted by Gasteiger charge is 2.18. The lowest BCUT2D eigenvalue weighted by molar-refractivity contribution is -0.130. The Bertz CT molecular complexity index is 831. The fraction of sp³-hybridized carbons (Fsp3) is 0.600. The van der Waals surface area contributed by atoms with E-state index < -0.39 is 9.84 Å². The Balaban J connectivity index is 1.87. The van der Waals surface area contributed by atoms with Gasteiger partial charge in [-0.3, -0.25) is 9.69 Å². The molecular formula is C20H33N5O3S. The van der Waals surface area contributed by atoms with Crippen LogP contribution in [0.1, 0.15) is 25.0 Å². The molecule has 162 valence electrons. The molecule has 0 radical (unpaired) electrons. The maximum Gasteiger partial charge on any atom is 0.219 e. The van der Waals surface area contributed by atoms with E-state index in [-0.39, 0.29) is 5.91 Å². The second-order valence-electron chi connectivity index (χ2n) is 7.34. The minimum atomic E-state index is -3.21. The van der Waals surface area contributed by atoms with Crippen molar-refractivity contribution in [1.29, 1.82) is 0 Å². The summed E-state index contributed by atoms with van der Waals surface area (Å²) >= 11 is 0. The molecule has 1 aliphatic rings. The highest BCUT2D eigenvalue weighted by molar-refractivity contribution is 7.90. The van der Waals surface area contributed by atoms with Crippen LogP contribution < -0.4 is 10.6 Å². The summed E-state index contributed by atoms with van der Waals surface area (Å²) in [6.07, 6.45) is 1.22. The zero-order valence-electron chi connectivity index (χ0n) is 17.9. The average Bonchev–Trinajstić information content (AvgIpc) is 2.65. The standard InChI is InChI=1S/C20H33N5O3S/c1-5-21-20(22-8-9-24-10-12-25(13-11-24)17(3)26)23-15-18-6-7-19(16(2)14-18)29(4,27)28/h6-7,14H,5,8-13,15H2,1-4H3,(H2,21,22,23). The molecule has 9 heteroatoms. The summed E-state index contributed by atoms with van der Waals surface area (Å²) in [4.78, 5) is 20.6. The number of benzene rings is 1. The smallest absolute Gasteiger partial charge is 0.219 e. The van der Waals surface area contributed by atoms with Gasteiger partial charge in [0.1, 0.15) is 0 Å². The first kappa shape index (κ1) is 23.2. The van der Waals surface area contributed by atoms with Crippen molar-refractivity contribution in [3.05, 3.63) is 29.3 Å². The molecule has 0 spiro atoms. The average molecular weight is 424 g/mol. The number of rotatable bonds is 7. The monoisotopic (exact) mass is 423 g/mol. The molecule has 29 heavy (non-hydrogen) atoms. The third-order valence-corrected chi connectivity index (χ3v) is 6.20. The number of nitrogens with one attached hydrogen (secondary N) is 2. The van der Waals surface area contributed by atoms with Crippen LogP contribution in [-0.2, 0) is 21.2 Å². The van der Waals surface area contributed by atoms with Gasteiger partial charge < -0.3 is 15.5 Å². The van der Waals surface area contributed by atoms with Crippen LogP contribution >= 0.6 is 0 Å². The molecule has 0 aliphatic carbocycles. The molecule has 0 aromatic heterocycles. The molecule has 1 heterocycles. The molecule has 1 amide bonds. The molecule has 1 saturated heterocycles. The van der Waals surface area contributed by atoms with E-state index in [9.17, 15) is 13.2 Å². The summed E-state index contributed by atoms with van der Waals surface area (Å²) in [5.41, 5.74) is 1.70. The van der Waals surface area contributed by atoms with Crippen molar-refractivity contribution in [2.45, 2.75) is 32.2 Å². The molecule has 2 N–H and O–H groups in total. The second-order valence-corrected chi connectivity index (χ2v) is 9.33.